The van der Waals surface area contributed by atoms with Gasteiger partial charge in [-0.15, -0.1) is 0 Å². The SMILES string of the molecule is C[C@H](Nc1nc(O)cn1C)C(=O)O. The number of aromatic hydroxyl groups is 1. The van der Waals surface area contributed by atoms with Gasteiger partial charge in [-0.2, -0.15) is 4.98 Å². The van der Waals surface area contributed by atoms with Crippen LogP contribution in [0.1, 0.15) is 6.92 Å². The first kappa shape index (κ1) is 9.37. The summed E-state index contributed by atoms with van der Waals surface area (Å²) in [7, 11) is 1.66. The molecule has 0 unspecified atom stereocenters. The molecule has 1 aromatic heterocycles. The summed E-state index contributed by atoms with van der Waals surface area (Å²) in [5.74, 6) is -0.780. The summed E-state index contributed by atoms with van der Waals surface area (Å²) in [5.41, 5.74) is 0. The molecule has 0 saturated heterocycles. The number of aryl methyl sites for hydroxylation is 1. The molecular formula is C7H11N3O3. The maximum absolute atomic E-state index is 10.5. The Morgan fingerprint density at radius 1 is 1.77 bits per heavy atom. The fraction of sp³-hybridized carbons (Fsp3) is 0.429. The summed E-state index contributed by atoms with van der Waals surface area (Å²) in [6.07, 6.45) is 1.39. The first-order chi connectivity index (χ1) is 6.00. The van der Waals surface area contributed by atoms with Crippen LogP contribution in [0.15, 0.2) is 6.20 Å². The Kier molecular flexibility index (Phi) is 2.41. The molecule has 72 valence electrons. The van der Waals surface area contributed by atoms with Gasteiger partial charge in [-0.05, 0) is 6.92 Å². The van der Waals surface area contributed by atoms with E-state index in [9.17, 15) is 4.79 Å². The average molecular weight is 185 g/mol. The van der Waals surface area contributed by atoms with Crippen molar-refractivity contribution in [2.24, 2.45) is 7.05 Å². The first-order valence-corrected chi connectivity index (χ1v) is 3.72. The van der Waals surface area contributed by atoms with Gasteiger partial charge in [-0.3, -0.25) is 4.79 Å². The lowest BCUT2D eigenvalue weighted by atomic mass is 10.3. The van der Waals surface area contributed by atoms with Crippen molar-refractivity contribution in [3.05, 3.63) is 6.20 Å². The van der Waals surface area contributed by atoms with Crippen LogP contribution in [0.2, 0.25) is 0 Å². The van der Waals surface area contributed by atoms with Crippen molar-refractivity contribution in [2.75, 3.05) is 5.32 Å². The molecule has 13 heavy (non-hydrogen) atoms. The van der Waals surface area contributed by atoms with Crippen LogP contribution in [0.5, 0.6) is 5.88 Å². The second-order valence-corrected chi connectivity index (χ2v) is 2.74. The third-order valence-corrected chi connectivity index (χ3v) is 1.58. The molecule has 1 aromatic rings. The summed E-state index contributed by atoms with van der Waals surface area (Å²) >= 11 is 0. The van der Waals surface area contributed by atoms with Gasteiger partial charge in [0.2, 0.25) is 11.8 Å². The Labute approximate surface area is 74.8 Å². The number of rotatable bonds is 3. The van der Waals surface area contributed by atoms with E-state index in [0.717, 1.165) is 0 Å². The van der Waals surface area contributed by atoms with Crippen molar-refractivity contribution >= 4 is 11.9 Å². The molecule has 3 N–H and O–H groups in total. The van der Waals surface area contributed by atoms with Crippen molar-refractivity contribution in [3.63, 3.8) is 0 Å². The van der Waals surface area contributed by atoms with Crippen molar-refractivity contribution in [1.82, 2.24) is 9.55 Å². The van der Waals surface area contributed by atoms with Crippen LogP contribution in [0.3, 0.4) is 0 Å². The minimum atomic E-state index is -0.970. The number of anilines is 1. The van der Waals surface area contributed by atoms with E-state index >= 15 is 0 Å². The molecule has 1 heterocycles. The molecule has 0 aliphatic rings. The van der Waals surface area contributed by atoms with Gasteiger partial charge in [0.05, 0.1) is 6.20 Å². The molecule has 0 saturated carbocycles. The van der Waals surface area contributed by atoms with Crippen LogP contribution in [-0.4, -0.2) is 31.8 Å². The minimum Gasteiger partial charge on any atom is -0.492 e. The van der Waals surface area contributed by atoms with Gasteiger partial charge in [0.1, 0.15) is 6.04 Å². The van der Waals surface area contributed by atoms with E-state index in [0.29, 0.717) is 5.95 Å². The number of nitrogens with one attached hydrogen (secondary N) is 1. The predicted octanol–water partition coefficient (Wildman–Crippen LogP) is 0.0107. The van der Waals surface area contributed by atoms with E-state index < -0.39 is 12.0 Å². The Morgan fingerprint density at radius 3 is 2.77 bits per heavy atom. The molecule has 6 nitrogen and oxygen atoms in total. The summed E-state index contributed by atoms with van der Waals surface area (Å²) in [6.45, 7) is 1.49. The van der Waals surface area contributed by atoms with Crippen molar-refractivity contribution in [1.29, 1.82) is 0 Å². The number of aromatic nitrogens is 2. The lowest BCUT2D eigenvalue weighted by Crippen LogP contribution is -2.26. The van der Waals surface area contributed by atoms with Gasteiger partial charge in [-0.25, -0.2) is 0 Å². The molecule has 0 aliphatic heterocycles. The third-order valence-electron chi connectivity index (χ3n) is 1.58. The van der Waals surface area contributed by atoms with Gasteiger partial charge in [0, 0.05) is 7.05 Å². The highest BCUT2D eigenvalue weighted by Crippen LogP contribution is 2.12. The summed E-state index contributed by atoms with van der Waals surface area (Å²) < 4.78 is 1.51. The molecule has 1 atom stereocenters. The van der Waals surface area contributed by atoms with Crippen molar-refractivity contribution < 1.29 is 15.0 Å². The lowest BCUT2D eigenvalue weighted by molar-refractivity contribution is -0.137. The van der Waals surface area contributed by atoms with Crippen LogP contribution in [0, 0.1) is 0 Å². The number of aliphatic carboxylic acids is 1. The molecule has 0 fully saturated rings. The van der Waals surface area contributed by atoms with E-state index in [2.05, 4.69) is 10.3 Å². The molecule has 0 spiro atoms. The monoisotopic (exact) mass is 185 g/mol. The van der Waals surface area contributed by atoms with Crippen molar-refractivity contribution in [2.45, 2.75) is 13.0 Å². The van der Waals surface area contributed by atoms with Gasteiger partial charge in [-0.1, -0.05) is 0 Å². The Morgan fingerprint density at radius 2 is 2.38 bits per heavy atom. The first-order valence-electron chi connectivity index (χ1n) is 3.72. The second-order valence-electron chi connectivity index (χ2n) is 2.74. The molecule has 0 amide bonds. The van der Waals surface area contributed by atoms with E-state index in [1.54, 1.807) is 7.05 Å². The Bertz CT molecular complexity index is 321. The normalized spacial score (nSPS) is 12.5. The zero-order valence-electron chi connectivity index (χ0n) is 7.35. The maximum Gasteiger partial charge on any atom is 0.325 e. The van der Waals surface area contributed by atoms with Crippen LogP contribution in [0.4, 0.5) is 5.95 Å². The van der Waals surface area contributed by atoms with Crippen LogP contribution in [0.25, 0.3) is 0 Å². The van der Waals surface area contributed by atoms with Crippen molar-refractivity contribution in [3.8, 4) is 5.88 Å². The number of hydrogen-bond donors (Lipinski definition) is 3. The van der Waals surface area contributed by atoms with Crippen LogP contribution in [-0.2, 0) is 11.8 Å². The zero-order valence-corrected chi connectivity index (χ0v) is 7.35. The molecule has 0 aliphatic carbocycles. The number of carboxylic acids is 1. The standard InChI is InChI=1S/C7H11N3O3/c1-4(6(12)13)8-7-9-5(11)3-10(7)2/h3-4,11H,1-2H3,(H,8,9)(H,12,13)/t4-/m0/s1. The third kappa shape index (κ3) is 2.11. The molecule has 0 radical (unpaired) electrons. The van der Waals surface area contributed by atoms with Gasteiger partial charge in [0.15, 0.2) is 0 Å². The summed E-state index contributed by atoms with van der Waals surface area (Å²) in [6, 6.07) is -0.736. The summed E-state index contributed by atoms with van der Waals surface area (Å²) in [5, 5.41) is 20.2. The number of imidazole rings is 1. The second kappa shape index (κ2) is 3.34. The number of nitrogens with zero attached hydrogens (tertiary/aromatic N) is 2. The highest BCUT2D eigenvalue weighted by atomic mass is 16.4. The minimum absolute atomic E-state index is 0.136. The molecule has 0 bridgehead atoms. The van der Waals surface area contributed by atoms with Crippen LogP contribution >= 0.6 is 0 Å². The fourth-order valence-electron chi connectivity index (χ4n) is 0.840. The number of carbonyl (C=O) groups is 1. The van der Waals surface area contributed by atoms with Gasteiger partial charge >= 0.3 is 5.97 Å². The molecular weight excluding hydrogens is 174 g/mol. The fourth-order valence-corrected chi connectivity index (χ4v) is 0.840. The van der Waals surface area contributed by atoms with Gasteiger partial charge < -0.3 is 20.1 Å². The van der Waals surface area contributed by atoms with E-state index in [4.69, 9.17) is 10.2 Å². The quantitative estimate of drug-likeness (QED) is 0.617. The van der Waals surface area contributed by atoms with E-state index in [1.807, 2.05) is 0 Å². The number of hydrogen-bond acceptors (Lipinski definition) is 4. The topological polar surface area (TPSA) is 87.4 Å². The number of carboxylic acid groups (broad SMARTS) is 1. The smallest absolute Gasteiger partial charge is 0.325 e. The highest BCUT2D eigenvalue weighted by molar-refractivity contribution is 5.75. The Balaban J connectivity index is 2.74. The van der Waals surface area contributed by atoms with Crippen LogP contribution < -0.4 is 5.32 Å². The Hall–Kier alpha value is -1.72. The highest BCUT2D eigenvalue weighted by Gasteiger charge is 2.13. The van der Waals surface area contributed by atoms with Gasteiger partial charge in [0.25, 0.3) is 0 Å². The lowest BCUT2D eigenvalue weighted by Gasteiger charge is -2.08. The maximum atomic E-state index is 10.5. The molecule has 6 heteroatoms. The van der Waals surface area contributed by atoms with E-state index in [1.165, 1.54) is 17.7 Å². The molecule has 0 aromatic carbocycles. The summed E-state index contributed by atoms with van der Waals surface area (Å²) in [4.78, 5) is 14.1. The zero-order chi connectivity index (χ0) is 10.0. The predicted molar refractivity (Wildman–Crippen MR) is 45.6 cm³/mol. The largest absolute Gasteiger partial charge is 0.492 e. The molecule has 1 rings (SSSR count). The van der Waals surface area contributed by atoms with E-state index in [-0.39, 0.29) is 5.88 Å². The average Bonchev–Trinajstić information content (AvgIpc) is 2.30.